The molecule has 1 aromatic heterocycles. The molecule has 9 heteroatoms. The van der Waals surface area contributed by atoms with Gasteiger partial charge in [-0.05, 0) is 47.5 Å². The van der Waals surface area contributed by atoms with Gasteiger partial charge >= 0.3 is 6.18 Å². The van der Waals surface area contributed by atoms with Crippen molar-refractivity contribution in [1.29, 1.82) is 0 Å². The number of pyridine rings is 1. The second kappa shape index (κ2) is 10.2. The molecule has 0 aliphatic rings. The van der Waals surface area contributed by atoms with E-state index in [4.69, 9.17) is 11.6 Å². The van der Waals surface area contributed by atoms with Crippen LogP contribution in [0.1, 0.15) is 27.9 Å². The summed E-state index contributed by atoms with van der Waals surface area (Å²) in [6, 6.07) is 18.2. The fourth-order valence-corrected chi connectivity index (χ4v) is 4.19. The van der Waals surface area contributed by atoms with Crippen LogP contribution in [0.2, 0.25) is 5.02 Å². The first-order valence-corrected chi connectivity index (χ1v) is 11.2. The predicted molar refractivity (Wildman–Crippen MR) is 126 cm³/mol. The lowest BCUT2D eigenvalue weighted by molar-refractivity contribution is -0.137. The molecule has 1 atom stereocenters. The third-order valence-electron chi connectivity index (χ3n) is 5.85. The number of hydrogen-bond acceptors (Lipinski definition) is 3. The molecule has 36 heavy (non-hydrogen) atoms. The van der Waals surface area contributed by atoms with Gasteiger partial charge in [-0.15, -0.1) is 0 Å². The number of alkyl halides is 3. The van der Waals surface area contributed by atoms with Crippen molar-refractivity contribution in [2.45, 2.75) is 24.7 Å². The summed E-state index contributed by atoms with van der Waals surface area (Å²) in [5.41, 5.74) is -1.61. The van der Waals surface area contributed by atoms with E-state index in [0.29, 0.717) is 16.7 Å². The van der Waals surface area contributed by atoms with Gasteiger partial charge in [-0.3, -0.25) is 10.3 Å². The highest BCUT2D eigenvalue weighted by molar-refractivity contribution is 6.30. The molecule has 1 heterocycles. The van der Waals surface area contributed by atoms with E-state index in [2.05, 4.69) is 10.3 Å². The highest BCUT2D eigenvalue weighted by atomic mass is 35.5. The average molecular weight is 519 g/mol. The maximum atomic E-state index is 14.6. The second-order valence-corrected chi connectivity index (χ2v) is 8.69. The van der Waals surface area contributed by atoms with Crippen molar-refractivity contribution in [3.05, 3.63) is 130 Å². The molecule has 0 aliphatic carbocycles. The zero-order chi connectivity index (χ0) is 25.9. The normalized spacial score (nSPS) is 13.4. The van der Waals surface area contributed by atoms with Gasteiger partial charge < -0.3 is 5.11 Å². The molecule has 0 amide bonds. The fourth-order valence-electron chi connectivity index (χ4n) is 4.07. The number of benzene rings is 3. The predicted octanol–water partition coefficient (Wildman–Crippen LogP) is 7.01. The summed E-state index contributed by atoms with van der Waals surface area (Å²) >= 11 is 6.02. The van der Waals surface area contributed by atoms with E-state index in [0.717, 1.165) is 18.2 Å². The molecule has 3 nitrogen and oxygen atoms in total. The molecule has 0 aliphatic heterocycles. The van der Waals surface area contributed by atoms with Gasteiger partial charge in [-0.25, -0.2) is 8.78 Å². The Morgan fingerprint density at radius 1 is 0.861 bits per heavy atom. The highest BCUT2D eigenvalue weighted by Gasteiger charge is 2.39. The molecule has 186 valence electrons. The summed E-state index contributed by atoms with van der Waals surface area (Å²) < 4.78 is 69.6. The van der Waals surface area contributed by atoms with Gasteiger partial charge in [0.1, 0.15) is 5.82 Å². The van der Waals surface area contributed by atoms with E-state index < -0.39 is 34.7 Å². The van der Waals surface area contributed by atoms with Crippen molar-refractivity contribution in [3.63, 3.8) is 0 Å². The number of phenolic OH excluding ortho intramolecular Hbond substituents is 1. The van der Waals surface area contributed by atoms with E-state index in [9.17, 15) is 27.1 Å². The molecule has 0 fully saturated rings. The maximum Gasteiger partial charge on any atom is 0.416 e. The molecule has 3 aromatic carbocycles. The lowest BCUT2D eigenvalue weighted by atomic mass is 9.79. The van der Waals surface area contributed by atoms with Crippen molar-refractivity contribution in [1.82, 2.24) is 10.3 Å². The molecule has 0 spiro atoms. The number of nitrogens with one attached hydrogen (secondary N) is 1. The van der Waals surface area contributed by atoms with Crippen molar-refractivity contribution in [3.8, 4) is 5.75 Å². The van der Waals surface area contributed by atoms with Crippen LogP contribution in [-0.2, 0) is 24.7 Å². The van der Waals surface area contributed by atoms with Gasteiger partial charge in [0, 0.05) is 24.7 Å². The average Bonchev–Trinajstić information content (AvgIpc) is 2.84. The minimum Gasteiger partial charge on any atom is -0.505 e. The summed E-state index contributed by atoms with van der Waals surface area (Å²) in [5.74, 6) is -2.53. The Labute approximate surface area is 209 Å². The molecule has 4 aromatic rings. The topological polar surface area (TPSA) is 45.1 Å². The number of nitrogens with zero attached hydrogens (tertiary/aromatic N) is 1. The first kappa shape index (κ1) is 25.6. The number of aromatic nitrogens is 1. The molecule has 2 N–H and O–H groups in total. The number of para-hydroxylation sites is 1. The molecule has 0 radical (unpaired) electrons. The SMILES string of the molecule is Oc1c(F)cccc1CNC(Cc1ccccc1)(c1cc(F)cc(C(F)(F)F)c1)c1ccc(Cl)cn1. The lowest BCUT2D eigenvalue weighted by Gasteiger charge is -2.36. The molecule has 0 saturated carbocycles. The summed E-state index contributed by atoms with van der Waals surface area (Å²) in [4.78, 5) is 4.36. The van der Waals surface area contributed by atoms with E-state index in [-0.39, 0.29) is 29.8 Å². The monoisotopic (exact) mass is 518 g/mol. The zero-order valence-electron chi connectivity index (χ0n) is 18.7. The fraction of sp³-hybridized carbons (Fsp3) is 0.148. The van der Waals surface area contributed by atoms with Gasteiger partial charge in [0.15, 0.2) is 11.6 Å². The number of hydrogen-bond donors (Lipinski definition) is 2. The summed E-state index contributed by atoms with van der Waals surface area (Å²) in [5, 5.41) is 13.7. The maximum absolute atomic E-state index is 14.6. The smallest absolute Gasteiger partial charge is 0.416 e. The second-order valence-electron chi connectivity index (χ2n) is 8.26. The van der Waals surface area contributed by atoms with Gasteiger partial charge in [-0.1, -0.05) is 54.1 Å². The zero-order valence-corrected chi connectivity index (χ0v) is 19.4. The number of phenols is 1. The Morgan fingerprint density at radius 2 is 1.58 bits per heavy atom. The van der Waals surface area contributed by atoms with E-state index in [1.165, 1.54) is 30.5 Å². The Morgan fingerprint density at radius 3 is 2.25 bits per heavy atom. The van der Waals surface area contributed by atoms with E-state index in [1.807, 2.05) is 0 Å². The van der Waals surface area contributed by atoms with Crippen LogP contribution < -0.4 is 5.32 Å². The quantitative estimate of drug-likeness (QED) is 0.259. The van der Waals surface area contributed by atoms with Crippen LogP contribution >= 0.6 is 11.6 Å². The molecule has 1 unspecified atom stereocenters. The van der Waals surface area contributed by atoms with Crippen LogP contribution in [0.4, 0.5) is 22.0 Å². The Balaban J connectivity index is 1.94. The number of halogens is 6. The van der Waals surface area contributed by atoms with Gasteiger partial charge in [0.05, 0.1) is 21.8 Å². The standard InChI is InChI=1S/C27H20ClF5N2O/c28-21-9-10-24(34-16-21)26(14-17-5-2-1-3-6-17,35-15-18-7-4-8-23(30)25(18)36)19-11-20(27(31,32)33)13-22(29)12-19/h1-13,16,35-36H,14-15H2. The molecule has 0 saturated heterocycles. The third kappa shape index (κ3) is 5.50. The van der Waals surface area contributed by atoms with Crippen LogP contribution in [0.15, 0.2) is 85.1 Å². The largest absolute Gasteiger partial charge is 0.505 e. The van der Waals surface area contributed by atoms with Crippen molar-refractivity contribution >= 4 is 11.6 Å². The molecular weight excluding hydrogens is 499 g/mol. The number of aromatic hydroxyl groups is 1. The van der Waals surface area contributed by atoms with E-state index in [1.54, 1.807) is 30.3 Å². The Kier molecular flexibility index (Phi) is 7.28. The molecule has 4 rings (SSSR count). The first-order valence-electron chi connectivity index (χ1n) is 10.8. The minimum atomic E-state index is -4.80. The van der Waals surface area contributed by atoms with Crippen molar-refractivity contribution < 1.29 is 27.1 Å². The van der Waals surface area contributed by atoms with Crippen molar-refractivity contribution in [2.24, 2.45) is 0 Å². The molecular formula is C27H20ClF5N2O. The molecule has 0 bridgehead atoms. The van der Waals surface area contributed by atoms with Crippen LogP contribution in [0.5, 0.6) is 5.75 Å². The van der Waals surface area contributed by atoms with Crippen LogP contribution in [0.3, 0.4) is 0 Å². The number of rotatable bonds is 7. The summed E-state index contributed by atoms with van der Waals surface area (Å²) in [6.07, 6.45) is -3.41. The first-order chi connectivity index (χ1) is 17.1. The van der Waals surface area contributed by atoms with E-state index >= 15 is 0 Å². The lowest BCUT2D eigenvalue weighted by Crippen LogP contribution is -2.46. The van der Waals surface area contributed by atoms with Gasteiger partial charge in [0.2, 0.25) is 0 Å². The third-order valence-corrected chi connectivity index (χ3v) is 6.07. The van der Waals surface area contributed by atoms with Crippen LogP contribution in [-0.4, -0.2) is 10.1 Å². The summed E-state index contributed by atoms with van der Waals surface area (Å²) in [6.45, 7) is -0.168. The Bertz CT molecular complexity index is 1350. The van der Waals surface area contributed by atoms with Gasteiger partial charge in [-0.2, -0.15) is 13.2 Å². The minimum absolute atomic E-state index is 0.0515. The van der Waals surface area contributed by atoms with Crippen molar-refractivity contribution in [2.75, 3.05) is 0 Å². The van der Waals surface area contributed by atoms with Crippen LogP contribution in [0, 0.1) is 11.6 Å². The summed E-state index contributed by atoms with van der Waals surface area (Å²) in [7, 11) is 0. The Hall–Kier alpha value is -3.49. The van der Waals surface area contributed by atoms with Crippen LogP contribution in [0.25, 0.3) is 0 Å². The van der Waals surface area contributed by atoms with Gasteiger partial charge in [0.25, 0.3) is 0 Å². The highest BCUT2D eigenvalue weighted by Crippen LogP contribution is 2.38.